The summed E-state index contributed by atoms with van der Waals surface area (Å²) in [7, 11) is -2.77. The maximum Gasteiger partial charge on any atom is 0.267 e. The highest BCUT2D eigenvalue weighted by Gasteiger charge is 2.28. The van der Waals surface area contributed by atoms with E-state index >= 15 is 0 Å². The molecule has 26 heavy (non-hydrogen) atoms. The van der Waals surface area contributed by atoms with Gasteiger partial charge in [-0.15, -0.1) is 0 Å². The Hall–Kier alpha value is -2.67. The smallest absolute Gasteiger partial charge is 0.267 e. The molecule has 0 aliphatic heterocycles. The van der Waals surface area contributed by atoms with Crippen molar-refractivity contribution >= 4 is 21.8 Å². The number of carbonyl (C=O) groups excluding carboxylic acids is 2. The molecule has 0 atom stereocenters. The molecule has 2 amide bonds. The lowest BCUT2D eigenvalue weighted by molar-refractivity contribution is 0.0881. The van der Waals surface area contributed by atoms with Crippen molar-refractivity contribution in [2.75, 3.05) is 7.05 Å². The van der Waals surface area contributed by atoms with Crippen LogP contribution in [0.1, 0.15) is 39.1 Å². The number of hydrogen-bond donors (Lipinski definition) is 1. The molecule has 7 heteroatoms. The standard InChI is InChI=1S/C19H20N2O4S/c1-13-5-3-4-6-17(13)19(23)21(2)26(24,25)16-11-7-14(8-12-16)18(22)20-15-9-10-15/h3-8,11-12,15H,9-10H2,1-2H3,(H,20,22). The summed E-state index contributed by atoms with van der Waals surface area (Å²) in [6, 6.07) is 12.6. The summed E-state index contributed by atoms with van der Waals surface area (Å²) < 4.78 is 26.2. The number of rotatable bonds is 5. The van der Waals surface area contributed by atoms with E-state index in [1.807, 2.05) is 0 Å². The second-order valence-corrected chi connectivity index (χ2v) is 8.33. The lowest BCUT2D eigenvalue weighted by Crippen LogP contribution is -2.33. The van der Waals surface area contributed by atoms with Gasteiger partial charge in [0.2, 0.25) is 0 Å². The molecule has 0 aromatic heterocycles. The molecule has 136 valence electrons. The normalized spacial score (nSPS) is 13.9. The zero-order valence-corrected chi connectivity index (χ0v) is 15.4. The highest BCUT2D eigenvalue weighted by molar-refractivity contribution is 7.89. The van der Waals surface area contributed by atoms with Crippen molar-refractivity contribution in [3.63, 3.8) is 0 Å². The molecule has 0 bridgehead atoms. The first kappa shape index (κ1) is 18.1. The Balaban J connectivity index is 1.81. The van der Waals surface area contributed by atoms with E-state index in [0.29, 0.717) is 16.7 Å². The number of nitrogens with zero attached hydrogens (tertiary/aromatic N) is 1. The van der Waals surface area contributed by atoms with E-state index < -0.39 is 15.9 Å². The molecule has 1 fully saturated rings. The average Bonchev–Trinajstić information content (AvgIpc) is 3.45. The highest BCUT2D eigenvalue weighted by atomic mass is 32.2. The van der Waals surface area contributed by atoms with Gasteiger partial charge in [-0.3, -0.25) is 9.59 Å². The van der Waals surface area contributed by atoms with E-state index in [1.165, 1.54) is 31.3 Å². The zero-order chi connectivity index (χ0) is 18.9. The Morgan fingerprint density at radius 1 is 1.04 bits per heavy atom. The molecule has 0 spiro atoms. The fourth-order valence-electron chi connectivity index (χ4n) is 2.52. The van der Waals surface area contributed by atoms with Crippen LogP contribution in [0.4, 0.5) is 0 Å². The van der Waals surface area contributed by atoms with Gasteiger partial charge in [0.05, 0.1) is 4.90 Å². The van der Waals surface area contributed by atoms with Crippen LogP contribution in [0.25, 0.3) is 0 Å². The van der Waals surface area contributed by atoms with Crippen molar-refractivity contribution in [1.82, 2.24) is 9.62 Å². The molecule has 1 N–H and O–H groups in total. The van der Waals surface area contributed by atoms with Gasteiger partial charge in [-0.25, -0.2) is 12.7 Å². The maximum absolute atomic E-state index is 12.7. The first-order valence-corrected chi connectivity index (χ1v) is 9.74. The number of carbonyl (C=O) groups is 2. The van der Waals surface area contributed by atoms with Gasteiger partial charge < -0.3 is 5.32 Å². The molecule has 1 aliphatic rings. The van der Waals surface area contributed by atoms with Crippen LogP contribution >= 0.6 is 0 Å². The minimum absolute atomic E-state index is 0.0371. The van der Waals surface area contributed by atoms with Crippen LogP contribution < -0.4 is 5.32 Å². The van der Waals surface area contributed by atoms with Crippen LogP contribution in [0.5, 0.6) is 0 Å². The average molecular weight is 372 g/mol. The van der Waals surface area contributed by atoms with Crippen molar-refractivity contribution in [2.45, 2.75) is 30.7 Å². The molecule has 0 saturated heterocycles. The van der Waals surface area contributed by atoms with Crippen molar-refractivity contribution in [3.8, 4) is 0 Å². The van der Waals surface area contributed by atoms with E-state index in [4.69, 9.17) is 0 Å². The maximum atomic E-state index is 12.7. The van der Waals surface area contributed by atoms with Gasteiger partial charge in [0.15, 0.2) is 0 Å². The SMILES string of the molecule is Cc1ccccc1C(=O)N(C)S(=O)(=O)c1ccc(C(=O)NC2CC2)cc1. The van der Waals surface area contributed by atoms with Gasteiger partial charge in [0.1, 0.15) is 0 Å². The van der Waals surface area contributed by atoms with Gasteiger partial charge in [0.25, 0.3) is 21.8 Å². The predicted octanol–water partition coefficient (Wildman–Crippen LogP) is 2.35. The number of hydrogen-bond acceptors (Lipinski definition) is 4. The molecule has 2 aromatic carbocycles. The predicted molar refractivity (Wildman–Crippen MR) is 97.4 cm³/mol. The van der Waals surface area contributed by atoms with Gasteiger partial charge in [-0.05, 0) is 55.7 Å². The lowest BCUT2D eigenvalue weighted by atomic mass is 10.1. The molecular weight excluding hydrogens is 352 g/mol. The number of nitrogens with one attached hydrogen (secondary N) is 1. The first-order valence-electron chi connectivity index (χ1n) is 8.30. The third-order valence-electron chi connectivity index (χ3n) is 4.35. The Kier molecular flexibility index (Phi) is 4.82. The summed E-state index contributed by atoms with van der Waals surface area (Å²) >= 11 is 0. The van der Waals surface area contributed by atoms with Gasteiger partial charge >= 0.3 is 0 Å². The van der Waals surface area contributed by atoms with Crippen LogP contribution in [0.3, 0.4) is 0 Å². The number of amides is 2. The molecule has 0 radical (unpaired) electrons. The zero-order valence-electron chi connectivity index (χ0n) is 14.6. The molecular formula is C19H20N2O4S. The second-order valence-electron chi connectivity index (χ2n) is 6.36. The fourth-order valence-corrected chi connectivity index (χ4v) is 3.64. The van der Waals surface area contributed by atoms with Crippen LogP contribution in [-0.2, 0) is 10.0 Å². The van der Waals surface area contributed by atoms with Gasteiger partial charge in [-0.1, -0.05) is 18.2 Å². The number of sulfonamides is 1. The van der Waals surface area contributed by atoms with E-state index in [0.717, 1.165) is 17.1 Å². The van der Waals surface area contributed by atoms with Crippen molar-refractivity contribution in [2.24, 2.45) is 0 Å². The molecule has 6 nitrogen and oxygen atoms in total. The second kappa shape index (κ2) is 6.92. The third kappa shape index (κ3) is 3.62. The minimum atomic E-state index is -4.00. The summed E-state index contributed by atoms with van der Waals surface area (Å²) in [5.41, 5.74) is 1.43. The van der Waals surface area contributed by atoms with E-state index in [9.17, 15) is 18.0 Å². The molecule has 1 saturated carbocycles. The highest BCUT2D eigenvalue weighted by Crippen LogP contribution is 2.21. The Bertz CT molecular complexity index is 948. The Labute approximate surface area is 152 Å². The van der Waals surface area contributed by atoms with E-state index in [2.05, 4.69) is 5.32 Å². The van der Waals surface area contributed by atoms with Crippen LogP contribution in [-0.4, -0.2) is 37.6 Å². The fraction of sp³-hybridized carbons (Fsp3) is 0.263. The number of benzene rings is 2. The summed E-state index contributed by atoms with van der Waals surface area (Å²) in [5.74, 6) is -0.820. The van der Waals surface area contributed by atoms with Crippen molar-refractivity contribution in [3.05, 3.63) is 65.2 Å². The van der Waals surface area contributed by atoms with E-state index in [1.54, 1.807) is 31.2 Å². The quantitative estimate of drug-likeness (QED) is 0.873. The van der Waals surface area contributed by atoms with Crippen molar-refractivity contribution in [1.29, 1.82) is 0 Å². The monoisotopic (exact) mass is 372 g/mol. The topological polar surface area (TPSA) is 83.6 Å². The Morgan fingerprint density at radius 3 is 2.23 bits per heavy atom. The van der Waals surface area contributed by atoms with Gasteiger partial charge in [0, 0.05) is 24.2 Å². The molecule has 3 rings (SSSR count). The molecule has 0 unspecified atom stereocenters. The van der Waals surface area contributed by atoms with Crippen LogP contribution in [0.15, 0.2) is 53.4 Å². The molecule has 1 aliphatic carbocycles. The van der Waals surface area contributed by atoms with E-state index in [-0.39, 0.29) is 16.8 Å². The third-order valence-corrected chi connectivity index (χ3v) is 6.10. The summed E-state index contributed by atoms with van der Waals surface area (Å²) in [5, 5.41) is 2.84. The minimum Gasteiger partial charge on any atom is -0.349 e. The first-order chi connectivity index (χ1) is 12.3. The largest absolute Gasteiger partial charge is 0.349 e. The van der Waals surface area contributed by atoms with Crippen LogP contribution in [0, 0.1) is 6.92 Å². The Morgan fingerprint density at radius 2 is 1.65 bits per heavy atom. The lowest BCUT2D eigenvalue weighted by Gasteiger charge is -2.18. The molecule has 0 heterocycles. The van der Waals surface area contributed by atoms with Crippen molar-refractivity contribution < 1.29 is 18.0 Å². The van der Waals surface area contributed by atoms with Crippen LogP contribution in [0.2, 0.25) is 0 Å². The summed E-state index contributed by atoms with van der Waals surface area (Å²) in [6.45, 7) is 1.75. The van der Waals surface area contributed by atoms with Gasteiger partial charge in [-0.2, -0.15) is 0 Å². The molecule has 2 aromatic rings. The number of aryl methyl sites for hydroxylation is 1. The summed E-state index contributed by atoms with van der Waals surface area (Å²) in [6.07, 6.45) is 1.95. The summed E-state index contributed by atoms with van der Waals surface area (Å²) in [4.78, 5) is 24.5.